The van der Waals surface area contributed by atoms with Crippen molar-refractivity contribution in [1.29, 1.82) is 0 Å². The van der Waals surface area contributed by atoms with Crippen molar-refractivity contribution in [3.05, 3.63) is 54.5 Å². The number of aromatic nitrogens is 3. The van der Waals surface area contributed by atoms with Crippen LogP contribution in [0.15, 0.2) is 48.9 Å². The molecule has 7 heteroatoms. The number of nitrogens with zero attached hydrogens (tertiary/aromatic N) is 2. The number of aromatic amines is 1. The fourth-order valence-electron chi connectivity index (χ4n) is 2.53. The summed E-state index contributed by atoms with van der Waals surface area (Å²) in [4.78, 5) is 36.9. The Morgan fingerprint density at radius 3 is 2.80 bits per heavy atom. The van der Waals surface area contributed by atoms with Crippen LogP contribution in [0.2, 0.25) is 0 Å². The summed E-state index contributed by atoms with van der Waals surface area (Å²) in [6.45, 7) is 3.36. The maximum Gasteiger partial charge on any atom is 0.339 e. The fourth-order valence-corrected chi connectivity index (χ4v) is 2.53. The zero-order valence-electron chi connectivity index (χ0n) is 13.9. The molecule has 1 aromatic carbocycles. The van der Waals surface area contributed by atoms with Crippen LogP contribution in [0.1, 0.15) is 24.2 Å². The fraction of sp³-hybridized carbons (Fsp3) is 0.222. The number of carbonyl (C=O) groups excluding carboxylic acids is 2. The van der Waals surface area contributed by atoms with Gasteiger partial charge in [0.25, 0.3) is 0 Å². The van der Waals surface area contributed by atoms with Gasteiger partial charge in [-0.1, -0.05) is 6.07 Å². The molecule has 2 heterocycles. The van der Waals surface area contributed by atoms with E-state index in [1.165, 1.54) is 6.92 Å². The highest BCUT2D eigenvalue weighted by Gasteiger charge is 2.43. The Hall–Kier alpha value is -3.22. The lowest BCUT2D eigenvalue weighted by molar-refractivity contribution is -0.146. The molecular weight excluding hydrogens is 320 g/mol. The zero-order valence-corrected chi connectivity index (χ0v) is 13.9. The maximum absolute atomic E-state index is 13.1. The molecule has 3 rings (SSSR count). The van der Waals surface area contributed by atoms with Crippen molar-refractivity contribution in [3.63, 3.8) is 0 Å². The van der Waals surface area contributed by atoms with Crippen LogP contribution < -0.4 is 5.32 Å². The standard InChI is InChI=1S/C18H18N4O3/c1-3-25-17(24)18(2,22-15-6-4-5-9-19-15)16(23)12-7-8-13-14(10-12)21-11-20-13/h4-11H,3H2,1-2H3,(H,19,22)(H,20,21). The average Bonchev–Trinajstić information content (AvgIpc) is 3.09. The lowest BCUT2D eigenvalue weighted by Crippen LogP contribution is -2.52. The highest BCUT2D eigenvalue weighted by Crippen LogP contribution is 2.22. The van der Waals surface area contributed by atoms with Gasteiger partial charge >= 0.3 is 5.97 Å². The van der Waals surface area contributed by atoms with Gasteiger partial charge in [0.05, 0.1) is 24.0 Å². The molecule has 0 spiro atoms. The molecule has 2 N–H and O–H groups in total. The van der Waals surface area contributed by atoms with Crippen LogP contribution in [0.25, 0.3) is 11.0 Å². The summed E-state index contributed by atoms with van der Waals surface area (Å²) in [5.41, 5.74) is 0.217. The van der Waals surface area contributed by atoms with Crippen molar-refractivity contribution in [1.82, 2.24) is 15.0 Å². The summed E-state index contributed by atoms with van der Waals surface area (Å²) in [5.74, 6) is -0.665. The van der Waals surface area contributed by atoms with Crippen molar-refractivity contribution in [3.8, 4) is 0 Å². The first-order valence-corrected chi connectivity index (χ1v) is 7.89. The zero-order chi connectivity index (χ0) is 17.9. The number of Topliss-reactive ketones (excluding diaryl/α,β-unsaturated/α-hetero) is 1. The number of benzene rings is 1. The van der Waals surface area contributed by atoms with E-state index >= 15 is 0 Å². The molecule has 0 fully saturated rings. The third-order valence-corrected chi connectivity index (χ3v) is 3.86. The molecule has 0 aliphatic heterocycles. The Morgan fingerprint density at radius 2 is 2.08 bits per heavy atom. The van der Waals surface area contributed by atoms with Crippen molar-refractivity contribution < 1.29 is 14.3 Å². The molecule has 3 aromatic rings. The van der Waals surface area contributed by atoms with Crippen molar-refractivity contribution >= 4 is 28.6 Å². The number of hydrogen-bond acceptors (Lipinski definition) is 6. The molecule has 7 nitrogen and oxygen atoms in total. The van der Waals surface area contributed by atoms with E-state index in [1.54, 1.807) is 55.8 Å². The summed E-state index contributed by atoms with van der Waals surface area (Å²) in [7, 11) is 0. The highest BCUT2D eigenvalue weighted by molar-refractivity contribution is 6.18. The second-order valence-electron chi connectivity index (χ2n) is 5.65. The molecule has 0 amide bonds. The quantitative estimate of drug-likeness (QED) is 0.407. The molecule has 0 saturated carbocycles. The van der Waals surface area contributed by atoms with Crippen LogP contribution in [0.5, 0.6) is 0 Å². The molecule has 1 unspecified atom stereocenters. The molecule has 0 radical (unpaired) electrons. The van der Waals surface area contributed by atoms with E-state index in [0.717, 1.165) is 5.52 Å². The van der Waals surface area contributed by atoms with Gasteiger partial charge in [0.15, 0.2) is 11.3 Å². The summed E-state index contributed by atoms with van der Waals surface area (Å²) in [5, 5.41) is 2.92. The smallest absolute Gasteiger partial charge is 0.339 e. The molecule has 0 aliphatic rings. The molecule has 25 heavy (non-hydrogen) atoms. The number of imidazole rings is 1. The van der Waals surface area contributed by atoms with Crippen LogP contribution in [0, 0.1) is 0 Å². The summed E-state index contributed by atoms with van der Waals surface area (Å²) < 4.78 is 5.12. The summed E-state index contributed by atoms with van der Waals surface area (Å²) >= 11 is 0. The van der Waals surface area contributed by atoms with Gasteiger partial charge < -0.3 is 15.0 Å². The van der Waals surface area contributed by atoms with Crippen molar-refractivity contribution in [2.75, 3.05) is 11.9 Å². The number of anilines is 1. The molecule has 1 atom stereocenters. The Balaban J connectivity index is 2.00. The van der Waals surface area contributed by atoms with Gasteiger partial charge in [0, 0.05) is 11.8 Å². The topological polar surface area (TPSA) is 97.0 Å². The number of H-pyrrole nitrogens is 1. The van der Waals surface area contributed by atoms with Crippen LogP contribution in [0.3, 0.4) is 0 Å². The number of ketones is 1. The largest absolute Gasteiger partial charge is 0.464 e. The summed E-state index contributed by atoms with van der Waals surface area (Å²) in [6.07, 6.45) is 3.13. The third kappa shape index (κ3) is 3.21. The first-order valence-electron chi connectivity index (χ1n) is 7.89. The number of carbonyl (C=O) groups is 2. The van der Waals surface area contributed by atoms with Gasteiger partial charge in [0.1, 0.15) is 5.82 Å². The molecule has 0 aliphatic carbocycles. The van der Waals surface area contributed by atoms with Gasteiger partial charge in [-0.3, -0.25) is 4.79 Å². The van der Waals surface area contributed by atoms with E-state index in [-0.39, 0.29) is 6.61 Å². The van der Waals surface area contributed by atoms with Crippen LogP contribution in [-0.4, -0.2) is 38.9 Å². The number of hydrogen-bond donors (Lipinski definition) is 2. The minimum atomic E-state index is -1.60. The molecule has 0 saturated heterocycles. The Morgan fingerprint density at radius 1 is 1.24 bits per heavy atom. The monoisotopic (exact) mass is 338 g/mol. The van der Waals surface area contributed by atoms with E-state index in [1.807, 2.05) is 0 Å². The number of nitrogens with one attached hydrogen (secondary N) is 2. The first-order chi connectivity index (χ1) is 12.0. The van der Waals surface area contributed by atoms with E-state index in [2.05, 4.69) is 20.3 Å². The molecule has 2 aromatic heterocycles. The number of esters is 1. The first kappa shape index (κ1) is 16.6. The van der Waals surface area contributed by atoms with E-state index in [4.69, 9.17) is 4.74 Å². The molecule has 128 valence electrons. The van der Waals surface area contributed by atoms with E-state index in [0.29, 0.717) is 16.9 Å². The van der Waals surface area contributed by atoms with Gasteiger partial charge in [-0.25, -0.2) is 14.8 Å². The average molecular weight is 338 g/mol. The number of ether oxygens (including phenoxy) is 1. The number of fused-ring (bicyclic) bond motifs is 1. The SMILES string of the molecule is CCOC(=O)C(C)(Nc1ccccn1)C(=O)c1ccc2[nH]cnc2c1. The number of pyridine rings is 1. The predicted octanol–water partition coefficient (Wildman–Crippen LogP) is 2.57. The summed E-state index contributed by atoms with van der Waals surface area (Å²) in [6, 6.07) is 10.2. The van der Waals surface area contributed by atoms with E-state index < -0.39 is 17.3 Å². The van der Waals surface area contributed by atoms with Crippen LogP contribution in [0.4, 0.5) is 5.82 Å². The van der Waals surface area contributed by atoms with Gasteiger partial charge in [-0.15, -0.1) is 0 Å². The lowest BCUT2D eigenvalue weighted by Gasteiger charge is -2.27. The molecule has 0 bridgehead atoms. The Labute approximate surface area is 144 Å². The minimum absolute atomic E-state index is 0.171. The van der Waals surface area contributed by atoms with Crippen molar-refractivity contribution in [2.24, 2.45) is 0 Å². The lowest BCUT2D eigenvalue weighted by atomic mass is 9.90. The highest BCUT2D eigenvalue weighted by atomic mass is 16.5. The normalized spacial score (nSPS) is 13.2. The van der Waals surface area contributed by atoms with E-state index in [9.17, 15) is 9.59 Å². The Kier molecular flexibility index (Phi) is 4.47. The van der Waals surface area contributed by atoms with Crippen molar-refractivity contribution in [2.45, 2.75) is 19.4 Å². The van der Waals surface area contributed by atoms with Gasteiger partial charge in [-0.05, 0) is 44.2 Å². The Bertz CT molecular complexity index is 907. The van der Waals surface area contributed by atoms with Gasteiger partial charge in [-0.2, -0.15) is 0 Å². The third-order valence-electron chi connectivity index (χ3n) is 3.86. The second kappa shape index (κ2) is 6.72. The number of rotatable bonds is 6. The predicted molar refractivity (Wildman–Crippen MR) is 93.3 cm³/mol. The van der Waals surface area contributed by atoms with Gasteiger partial charge in [0.2, 0.25) is 0 Å². The maximum atomic E-state index is 13.1. The van der Waals surface area contributed by atoms with Crippen LogP contribution in [-0.2, 0) is 9.53 Å². The molecular formula is C18H18N4O3. The second-order valence-corrected chi connectivity index (χ2v) is 5.65. The minimum Gasteiger partial charge on any atom is -0.464 e. The van der Waals surface area contributed by atoms with Crippen LogP contribution >= 0.6 is 0 Å².